The highest BCUT2D eigenvalue weighted by Crippen LogP contribution is 2.19. The number of hydrogen-bond acceptors (Lipinski definition) is 2. The Morgan fingerprint density at radius 3 is 3.15 bits per heavy atom. The Hall–Kier alpha value is -1.27. The van der Waals surface area contributed by atoms with Crippen LogP contribution in [-0.4, -0.2) is 30.2 Å². The van der Waals surface area contributed by atoms with Gasteiger partial charge in [-0.2, -0.15) is 0 Å². The van der Waals surface area contributed by atoms with Gasteiger partial charge in [-0.05, 0) is 6.92 Å². The number of rotatable bonds is 4. The molecule has 1 fully saturated rings. The SMILES string of the molecule is C=CCN1C(=O)CC1OCC#CC. The Balaban J connectivity index is 2.30. The number of likely N-dealkylation sites (tertiary alicyclic amines) is 1. The van der Waals surface area contributed by atoms with Crippen molar-refractivity contribution < 1.29 is 9.53 Å². The van der Waals surface area contributed by atoms with Crippen molar-refractivity contribution >= 4 is 5.91 Å². The van der Waals surface area contributed by atoms with Gasteiger partial charge in [-0.15, -0.1) is 12.5 Å². The number of β-lactam (4-membered cyclic amide) rings is 1. The smallest absolute Gasteiger partial charge is 0.229 e. The minimum Gasteiger partial charge on any atom is -0.345 e. The predicted octanol–water partition coefficient (Wildman–Crippen LogP) is 0.771. The molecule has 1 aliphatic heterocycles. The standard InChI is InChI=1S/C10H13NO2/c1-3-5-7-13-10-8-9(12)11(10)6-4-2/h4,10H,2,6-8H2,1H3. The van der Waals surface area contributed by atoms with Crippen LogP contribution in [0.5, 0.6) is 0 Å². The van der Waals surface area contributed by atoms with Gasteiger partial charge in [0.1, 0.15) is 12.8 Å². The fraction of sp³-hybridized carbons (Fsp3) is 0.500. The first-order valence-electron chi connectivity index (χ1n) is 4.21. The molecule has 1 heterocycles. The van der Waals surface area contributed by atoms with E-state index in [0.29, 0.717) is 19.6 Å². The molecule has 70 valence electrons. The molecular weight excluding hydrogens is 166 g/mol. The van der Waals surface area contributed by atoms with Crippen molar-refractivity contribution in [1.82, 2.24) is 4.90 Å². The maximum absolute atomic E-state index is 11.0. The van der Waals surface area contributed by atoms with Gasteiger partial charge in [0.15, 0.2) is 0 Å². The Labute approximate surface area is 78.4 Å². The minimum atomic E-state index is -0.0913. The van der Waals surface area contributed by atoms with Crippen molar-refractivity contribution in [2.45, 2.75) is 19.6 Å². The number of ether oxygens (including phenoxy) is 1. The summed E-state index contributed by atoms with van der Waals surface area (Å²) in [6.07, 6.45) is 2.07. The fourth-order valence-corrected chi connectivity index (χ4v) is 1.14. The molecule has 0 spiro atoms. The molecule has 1 unspecified atom stereocenters. The van der Waals surface area contributed by atoms with Gasteiger partial charge in [-0.3, -0.25) is 4.79 Å². The van der Waals surface area contributed by atoms with E-state index < -0.39 is 0 Å². The second kappa shape index (κ2) is 4.68. The van der Waals surface area contributed by atoms with Crippen LogP contribution in [-0.2, 0) is 9.53 Å². The van der Waals surface area contributed by atoms with Crippen LogP contribution in [0.4, 0.5) is 0 Å². The van der Waals surface area contributed by atoms with Crippen LogP contribution in [0.3, 0.4) is 0 Å². The zero-order valence-electron chi connectivity index (χ0n) is 7.75. The second-order valence-electron chi connectivity index (χ2n) is 2.73. The normalized spacial score (nSPS) is 20.2. The van der Waals surface area contributed by atoms with Crippen LogP contribution in [0.1, 0.15) is 13.3 Å². The van der Waals surface area contributed by atoms with E-state index in [1.807, 2.05) is 0 Å². The van der Waals surface area contributed by atoms with E-state index in [-0.39, 0.29) is 12.1 Å². The second-order valence-corrected chi connectivity index (χ2v) is 2.73. The van der Waals surface area contributed by atoms with E-state index in [9.17, 15) is 4.79 Å². The molecule has 1 atom stereocenters. The molecule has 0 bridgehead atoms. The molecule has 1 aliphatic rings. The quantitative estimate of drug-likeness (QED) is 0.362. The molecule has 1 amide bonds. The van der Waals surface area contributed by atoms with E-state index in [2.05, 4.69) is 18.4 Å². The van der Waals surface area contributed by atoms with E-state index in [0.717, 1.165) is 0 Å². The Kier molecular flexibility index (Phi) is 3.53. The maximum Gasteiger partial charge on any atom is 0.229 e. The van der Waals surface area contributed by atoms with Crippen molar-refractivity contribution in [3.63, 3.8) is 0 Å². The lowest BCUT2D eigenvalue weighted by atomic mass is 10.1. The van der Waals surface area contributed by atoms with Gasteiger partial charge in [0.05, 0.1) is 6.42 Å². The highest BCUT2D eigenvalue weighted by atomic mass is 16.5. The zero-order chi connectivity index (χ0) is 9.68. The lowest BCUT2D eigenvalue weighted by molar-refractivity contribution is -0.169. The fourth-order valence-electron chi connectivity index (χ4n) is 1.14. The Morgan fingerprint density at radius 1 is 1.85 bits per heavy atom. The molecule has 0 aromatic rings. The van der Waals surface area contributed by atoms with Crippen LogP contribution in [0.15, 0.2) is 12.7 Å². The molecule has 1 saturated heterocycles. The highest BCUT2D eigenvalue weighted by Gasteiger charge is 2.35. The van der Waals surface area contributed by atoms with Crippen LogP contribution in [0, 0.1) is 11.8 Å². The summed E-state index contributed by atoms with van der Waals surface area (Å²) in [6.45, 7) is 6.28. The molecule has 0 aromatic carbocycles. The van der Waals surface area contributed by atoms with Gasteiger partial charge in [-0.25, -0.2) is 0 Å². The van der Waals surface area contributed by atoms with E-state index >= 15 is 0 Å². The minimum absolute atomic E-state index is 0.0913. The Bertz CT molecular complexity index is 262. The van der Waals surface area contributed by atoms with Crippen molar-refractivity contribution in [2.24, 2.45) is 0 Å². The van der Waals surface area contributed by atoms with Gasteiger partial charge in [0.2, 0.25) is 5.91 Å². The third-order valence-corrected chi connectivity index (χ3v) is 1.87. The lowest BCUT2D eigenvalue weighted by Gasteiger charge is -2.38. The molecule has 0 aliphatic carbocycles. The molecule has 0 aromatic heterocycles. The monoisotopic (exact) mass is 179 g/mol. The molecule has 3 heteroatoms. The number of amides is 1. The molecule has 0 radical (unpaired) electrons. The first-order chi connectivity index (χ1) is 6.29. The first-order valence-corrected chi connectivity index (χ1v) is 4.21. The Morgan fingerprint density at radius 2 is 2.62 bits per heavy atom. The van der Waals surface area contributed by atoms with Crippen molar-refractivity contribution in [1.29, 1.82) is 0 Å². The van der Waals surface area contributed by atoms with Crippen molar-refractivity contribution in [3.8, 4) is 11.8 Å². The summed E-state index contributed by atoms with van der Waals surface area (Å²) in [5.74, 6) is 5.64. The average molecular weight is 179 g/mol. The van der Waals surface area contributed by atoms with E-state index in [1.54, 1.807) is 17.9 Å². The van der Waals surface area contributed by atoms with E-state index in [4.69, 9.17) is 4.74 Å². The predicted molar refractivity (Wildman–Crippen MR) is 49.7 cm³/mol. The van der Waals surface area contributed by atoms with Crippen molar-refractivity contribution in [3.05, 3.63) is 12.7 Å². The zero-order valence-corrected chi connectivity index (χ0v) is 7.75. The molecule has 13 heavy (non-hydrogen) atoms. The number of carbonyl (C=O) groups is 1. The average Bonchev–Trinajstić information content (AvgIpc) is 2.13. The molecule has 1 rings (SSSR count). The number of hydrogen-bond donors (Lipinski definition) is 0. The van der Waals surface area contributed by atoms with Crippen LogP contribution >= 0.6 is 0 Å². The first kappa shape index (κ1) is 9.82. The summed E-state index contributed by atoms with van der Waals surface area (Å²) in [6, 6.07) is 0. The lowest BCUT2D eigenvalue weighted by Crippen LogP contribution is -2.53. The number of carbonyl (C=O) groups excluding carboxylic acids is 1. The summed E-state index contributed by atoms with van der Waals surface area (Å²) >= 11 is 0. The molecule has 0 saturated carbocycles. The van der Waals surface area contributed by atoms with Crippen LogP contribution in [0.2, 0.25) is 0 Å². The molecule has 3 nitrogen and oxygen atoms in total. The largest absolute Gasteiger partial charge is 0.345 e. The third-order valence-electron chi connectivity index (χ3n) is 1.87. The van der Waals surface area contributed by atoms with Gasteiger partial charge < -0.3 is 9.64 Å². The van der Waals surface area contributed by atoms with Gasteiger partial charge in [0.25, 0.3) is 0 Å². The third kappa shape index (κ3) is 2.33. The summed E-state index contributed by atoms with van der Waals surface area (Å²) < 4.78 is 5.34. The van der Waals surface area contributed by atoms with E-state index in [1.165, 1.54) is 0 Å². The summed E-state index contributed by atoms with van der Waals surface area (Å²) in [5, 5.41) is 0. The summed E-state index contributed by atoms with van der Waals surface area (Å²) in [4.78, 5) is 12.7. The summed E-state index contributed by atoms with van der Waals surface area (Å²) in [5.41, 5.74) is 0. The number of nitrogens with zero attached hydrogens (tertiary/aromatic N) is 1. The van der Waals surface area contributed by atoms with Crippen molar-refractivity contribution in [2.75, 3.05) is 13.2 Å². The summed E-state index contributed by atoms with van der Waals surface area (Å²) in [7, 11) is 0. The highest BCUT2D eigenvalue weighted by molar-refractivity contribution is 5.82. The maximum atomic E-state index is 11.0. The molecule has 0 N–H and O–H groups in total. The topological polar surface area (TPSA) is 29.5 Å². The van der Waals surface area contributed by atoms with Crippen LogP contribution in [0.25, 0.3) is 0 Å². The van der Waals surface area contributed by atoms with Crippen LogP contribution < -0.4 is 0 Å². The molecular formula is C10H13NO2. The van der Waals surface area contributed by atoms with Gasteiger partial charge >= 0.3 is 0 Å². The van der Waals surface area contributed by atoms with Gasteiger partial charge in [0, 0.05) is 6.54 Å². The van der Waals surface area contributed by atoms with Gasteiger partial charge in [-0.1, -0.05) is 12.0 Å².